The first-order chi connectivity index (χ1) is 12.0. The molecule has 3 rings (SSSR count). The Morgan fingerprint density at radius 3 is 2.24 bits per heavy atom. The van der Waals surface area contributed by atoms with Crippen LogP contribution in [0, 0.1) is 0 Å². The van der Waals surface area contributed by atoms with Gasteiger partial charge in [0, 0.05) is 36.9 Å². The number of halogens is 1. The summed E-state index contributed by atoms with van der Waals surface area (Å²) in [6, 6.07) is 14.9. The van der Waals surface area contributed by atoms with Gasteiger partial charge in [-0.15, -0.1) is 0 Å². The molecule has 0 bridgehead atoms. The molecule has 0 radical (unpaired) electrons. The lowest BCUT2D eigenvalue weighted by molar-refractivity contribution is 0.384. The van der Waals surface area contributed by atoms with Crippen LogP contribution in [0.5, 0.6) is 5.75 Å². The van der Waals surface area contributed by atoms with E-state index in [9.17, 15) is 8.42 Å². The number of ether oxygens (including phenoxy) is 1. The van der Waals surface area contributed by atoms with Crippen molar-refractivity contribution < 1.29 is 13.2 Å². The highest BCUT2D eigenvalue weighted by Gasteiger charge is 2.27. The van der Waals surface area contributed by atoms with E-state index in [1.807, 2.05) is 24.3 Å². The van der Waals surface area contributed by atoms with Crippen LogP contribution in [0.2, 0.25) is 5.02 Å². The van der Waals surface area contributed by atoms with Crippen molar-refractivity contribution >= 4 is 27.3 Å². The average molecular weight is 381 g/mol. The van der Waals surface area contributed by atoms with Crippen LogP contribution in [0.25, 0.3) is 0 Å². The Morgan fingerprint density at radius 2 is 1.64 bits per heavy atom. The lowest BCUT2D eigenvalue weighted by Gasteiger charge is -2.35. The van der Waals surface area contributed by atoms with Gasteiger partial charge < -0.3 is 9.64 Å². The molecular formula is C18H21ClN2O3S. The summed E-state index contributed by atoms with van der Waals surface area (Å²) in [5.41, 5.74) is 1.71. The Balaban J connectivity index is 1.63. The molecule has 0 spiro atoms. The van der Waals surface area contributed by atoms with E-state index in [0.29, 0.717) is 36.8 Å². The van der Waals surface area contributed by atoms with E-state index in [0.717, 1.165) is 11.4 Å². The molecule has 5 nitrogen and oxygen atoms in total. The molecule has 0 saturated carbocycles. The van der Waals surface area contributed by atoms with Gasteiger partial charge in [0.25, 0.3) is 0 Å². The zero-order valence-electron chi connectivity index (χ0n) is 14.1. The number of rotatable bonds is 5. The summed E-state index contributed by atoms with van der Waals surface area (Å²) in [4.78, 5) is 2.18. The summed E-state index contributed by atoms with van der Waals surface area (Å²) in [5.74, 6) is 0.750. The number of anilines is 1. The van der Waals surface area contributed by atoms with Crippen molar-refractivity contribution in [1.82, 2.24) is 4.31 Å². The summed E-state index contributed by atoms with van der Waals surface area (Å²) in [6.07, 6.45) is 0. The number of nitrogens with zero attached hydrogens (tertiary/aromatic N) is 2. The van der Waals surface area contributed by atoms with Gasteiger partial charge in [0.1, 0.15) is 5.75 Å². The Labute approximate surface area is 153 Å². The molecule has 0 amide bonds. The Kier molecular flexibility index (Phi) is 5.51. The zero-order chi connectivity index (χ0) is 17.9. The van der Waals surface area contributed by atoms with Gasteiger partial charge in [0.2, 0.25) is 10.0 Å². The molecule has 25 heavy (non-hydrogen) atoms. The quantitative estimate of drug-likeness (QED) is 0.800. The number of sulfonamides is 1. The SMILES string of the molecule is COc1ccc(N2CCN(S(=O)(=O)Cc3ccccc3Cl)CC2)cc1. The van der Waals surface area contributed by atoms with Gasteiger partial charge >= 0.3 is 0 Å². The minimum absolute atomic E-state index is 0.0603. The summed E-state index contributed by atoms with van der Waals surface area (Å²) >= 11 is 6.10. The molecule has 1 aliphatic heterocycles. The number of hydrogen-bond donors (Lipinski definition) is 0. The van der Waals surface area contributed by atoms with E-state index >= 15 is 0 Å². The largest absolute Gasteiger partial charge is 0.497 e. The summed E-state index contributed by atoms with van der Waals surface area (Å²) < 4.78 is 32.1. The Bertz CT molecular complexity index is 816. The Morgan fingerprint density at radius 1 is 1.00 bits per heavy atom. The minimum Gasteiger partial charge on any atom is -0.497 e. The molecule has 134 valence electrons. The first-order valence-corrected chi connectivity index (χ1v) is 10.1. The molecule has 0 aliphatic carbocycles. The standard InChI is InChI=1S/C18H21ClN2O3S/c1-24-17-8-6-16(7-9-17)20-10-12-21(13-11-20)25(22,23)14-15-4-2-3-5-18(15)19/h2-9H,10-14H2,1H3. The van der Waals surface area contributed by atoms with Crippen molar-refractivity contribution in [3.05, 3.63) is 59.1 Å². The van der Waals surface area contributed by atoms with E-state index in [1.54, 1.807) is 35.7 Å². The number of methoxy groups -OCH3 is 1. The molecule has 1 saturated heterocycles. The van der Waals surface area contributed by atoms with Crippen LogP contribution < -0.4 is 9.64 Å². The molecule has 1 aliphatic rings. The number of benzene rings is 2. The van der Waals surface area contributed by atoms with Crippen LogP contribution in [0.1, 0.15) is 5.56 Å². The van der Waals surface area contributed by atoms with Crippen molar-refractivity contribution in [2.45, 2.75) is 5.75 Å². The first-order valence-electron chi connectivity index (χ1n) is 8.10. The van der Waals surface area contributed by atoms with Crippen LogP contribution in [0.4, 0.5) is 5.69 Å². The van der Waals surface area contributed by atoms with Crippen molar-refractivity contribution in [1.29, 1.82) is 0 Å². The maximum absolute atomic E-state index is 12.7. The molecule has 1 heterocycles. The van der Waals surface area contributed by atoms with Crippen molar-refractivity contribution in [3.63, 3.8) is 0 Å². The van der Waals surface area contributed by atoms with Crippen LogP contribution >= 0.6 is 11.6 Å². The molecule has 1 fully saturated rings. The topological polar surface area (TPSA) is 49.9 Å². The highest BCUT2D eigenvalue weighted by molar-refractivity contribution is 7.88. The van der Waals surface area contributed by atoms with Gasteiger partial charge in [-0.25, -0.2) is 8.42 Å². The van der Waals surface area contributed by atoms with Gasteiger partial charge in [0.15, 0.2) is 0 Å². The normalized spacial score (nSPS) is 16.0. The molecule has 2 aromatic rings. The first kappa shape index (κ1) is 18.0. The van der Waals surface area contributed by atoms with Gasteiger partial charge in [-0.1, -0.05) is 29.8 Å². The minimum atomic E-state index is -3.37. The second kappa shape index (κ2) is 7.64. The van der Waals surface area contributed by atoms with E-state index in [2.05, 4.69) is 4.90 Å². The van der Waals surface area contributed by atoms with Gasteiger partial charge in [0.05, 0.1) is 12.9 Å². The van der Waals surface area contributed by atoms with E-state index in [4.69, 9.17) is 16.3 Å². The van der Waals surface area contributed by atoms with E-state index < -0.39 is 10.0 Å². The zero-order valence-corrected chi connectivity index (χ0v) is 15.6. The van der Waals surface area contributed by atoms with Crippen LogP contribution in [0.3, 0.4) is 0 Å². The van der Waals surface area contributed by atoms with Crippen LogP contribution in [-0.4, -0.2) is 46.0 Å². The van der Waals surface area contributed by atoms with E-state index in [-0.39, 0.29) is 5.75 Å². The van der Waals surface area contributed by atoms with Gasteiger partial charge in [-0.3, -0.25) is 0 Å². The summed E-state index contributed by atoms with van der Waals surface area (Å²) in [7, 11) is -1.74. The highest BCUT2D eigenvalue weighted by atomic mass is 35.5. The molecule has 0 atom stereocenters. The molecule has 0 N–H and O–H groups in total. The van der Waals surface area contributed by atoms with Crippen LogP contribution in [-0.2, 0) is 15.8 Å². The fourth-order valence-electron chi connectivity index (χ4n) is 2.92. The monoisotopic (exact) mass is 380 g/mol. The smallest absolute Gasteiger partial charge is 0.218 e. The van der Waals surface area contributed by atoms with Gasteiger partial charge in [-0.05, 0) is 35.9 Å². The highest BCUT2D eigenvalue weighted by Crippen LogP contribution is 2.23. The summed E-state index contributed by atoms with van der Waals surface area (Å²) in [5, 5.41) is 0.489. The number of piperazine rings is 1. The lowest BCUT2D eigenvalue weighted by atomic mass is 10.2. The number of hydrogen-bond acceptors (Lipinski definition) is 4. The second-order valence-electron chi connectivity index (χ2n) is 5.93. The summed E-state index contributed by atoms with van der Waals surface area (Å²) in [6.45, 7) is 2.26. The van der Waals surface area contributed by atoms with E-state index in [1.165, 1.54) is 0 Å². The third kappa shape index (κ3) is 4.26. The Hall–Kier alpha value is -1.76. The van der Waals surface area contributed by atoms with Gasteiger partial charge in [-0.2, -0.15) is 4.31 Å². The maximum atomic E-state index is 12.7. The molecule has 7 heteroatoms. The third-order valence-corrected chi connectivity index (χ3v) is 6.56. The van der Waals surface area contributed by atoms with Crippen molar-refractivity contribution in [3.8, 4) is 5.75 Å². The molecule has 2 aromatic carbocycles. The fourth-order valence-corrected chi connectivity index (χ4v) is 4.75. The van der Waals surface area contributed by atoms with Crippen molar-refractivity contribution in [2.24, 2.45) is 0 Å². The fraction of sp³-hybridized carbons (Fsp3) is 0.333. The predicted molar refractivity (Wildman–Crippen MR) is 101 cm³/mol. The molecule has 0 unspecified atom stereocenters. The van der Waals surface area contributed by atoms with Crippen molar-refractivity contribution in [2.75, 3.05) is 38.2 Å². The predicted octanol–water partition coefficient (Wildman–Crippen LogP) is 3.00. The van der Waals surface area contributed by atoms with Crippen LogP contribution in [0.15, 0.2) is 48.5 Å². The average Bonchev–Trinajstić information content (AvgIpc) is 2.64. The second-order valence-corrected chi connectivity index (χ2v) is 8.31. The molecular weight excluding hydrogens is 360 g/mol. The lowest BCUT2D eigenvalue weighted by Crippen LogP contribution is -2.49. The maximum Gasteiger partial charge on any atom is 0.218 e. The third-order valence-electron chi connectivity index (χ3n) is 4.37. The molecule has 0 aromatic heterocycles.